The molecule has 2 aliphatic rings. The molecule has 37 heavy (non-hydrogen) atoms. The number of hydrogen-bond donors (Lipinski definition) is 1. The minimum absolute atomic E-state index is 0.166. The Labute approximate surface area is 239 Å². The Bertz CT molecular complexity index is 610. The number of thiocarbonyl (C=S) groups is 1. The normalized spacial score (nSPS) is 29.2. The molecule has 0 aliphatic carbocycles. The molecule has 0 bridgehead atoms. The van der Waals surface area contributed by atoms with Crippen LogP contribution in [0.5, 0.6) is 0 Å². The highest BCUT2D eigenvalue weighted by atomic mass is 32.1. The van der Waals surface area contributed by atoms with Crippen LogP contribution in [0.25, 0.3) is 0 Å². The van der Waals surface area contributed by atoms with E-state index in [0.29, 0.717) is 58.1 Å². The van der Waals surface area contributed by atoms with Gasteiger partial charge in [0.05, 0.1) is 6.61 Å². The lowest BCUT2D eigenvalue weighted by Crippen LogP contribution is -2.53. The van der Waals surface area contributed by atoms with Crippen molar-refractivity contribution < 1.29 is 31.3 Å². The standard InChI is InChI=1S/C26H52O7S2Si2/c1-5-6-7-8-9-12-26(35)27-13-10-15-36(28-17-23(2)18-29-36)30-19-24(3)20-31-37(16-11-14-34)32-21-25(4)22-33-37/h23-25,34H,5-22H2,1-4H3. The van der Waals surface area contributed by atoms with Crippen LogP contribution in [0.2, 0.25) is 12.1 Å². The van der Waals surface area contributed by atoms with Gasteiger partial charge in [-0.15, -0.1) is 0 Å². The summed E-state index contributed by atoms with van der Waals surface area (Å²) in [5, 5.41) is 0.718. The highest BCUT2D eigenvalue weighted by molar-refractivity contribution is 7.80. The number of ether oxygens (including phenoxy) is 1. The lowest BCUT2D eigenvalue weighted by atomic mass is 10.1. The van der Waals surface area contributed by atoms with Crippen LogP contribution in [-0.2, 0) is 31.3 Å². The van der Waals surface area contributed by atoms with Crippen molar-refractivity contribution in [3.8, 4) is 0 Å². The summed E-state index contributed by atoms with van der Waals surface area (Å²) in [7, 11) is -5.40. The summed E-state index contributed by atoms with van der Waals surface area (Å²) in [6.45, 7) is 13.0. The molecule has 0 aromatic rings. The summed E-state index contributed by atoms with van der Waals surface area (Å²) >= 11 is 9.77. The van der Waals surface area contributed by atoms with Gasteiger partial charge in [0.15, 0.2) is 5.05 Å². The molecule has 0 aromatic carbocycles. The van der Waals surface area contributed by atoms with Crippen molar-refractivity contribution >= 4 is 47.5 Å². The van der Waals surface area contributed by atoms with Gasteiger partial charge in [-0.2, -0.15) is 12.6 Å². The summed E-state index contributed by atoms with van der Waals surface area (Å²) in [4.78, 5) is 0. The first kappa shape index (κ1) is 33.6. The first-order valence-corrected chi connectivity index (χ1v) is 19.3. The Morgan fingerprint density at radius 3 is 1.86 bits per heavy atom. The van der Waals surface area contributed by atoms with Crippen LogP contribution in [0.15, 0.2) is 0 Å². The summed E-state index contributed by atoms with van der Waals surface area (Å²) in [5.74, 6) is 1.74. The van der Waals surface area contributed by atoms with Gasteiger partial charge in [-0.1, -0.05) is 53.4 Å². The first-order valence-electron chi connectivity index (χ1n) is 14.4. The minimum atomic E-state index is -2.76. The summed E-state index contributed by atoms with van der Waals surface area (Å²) in [6.07, 6.45) is 8.76. The van der Waals surface area contributed by atoms with E-state index in [1.54, 1.807) is 0 Å². The molecule has 0 spiro atoms. The third-order valence-electron chi connectivity index (χ3n) is 6.54. The van der Waals surface area contributed by atoms with Crippen LogP contribution < -0.4 is 0 Å². The molecule has 7 nitrogen and oxygen atoms in total. The van der Waals surface area contributed by atoms with E-state index in [1.165, 1.54) is 25.7 Å². The largest absolute Gasteiger partial charge is 0.501 e. The van der Waals surface area contributed by atoms with Crippen LogP contribution in [0.3, 0.4) is 0 Å². The molecule has 218 valence electrons. The molecule has 1 atom stereocenters. The maximum atomic E-state index is 6.41. The molecule has 2 heterocycles. The zero-order chi connectivity index (χ0) is 27.0. The number of thiol groups is 1. The Morgan fingerprint density at radius 1 is 0.838 bits per heavy atom. The maximum absolute atomic E-state index is 6.41. The molecular formula is C26H52O7S2Si2. The van der Waals surface area contributed by atoms with Crippen molar-refractivity contribution in [2.24, 2.45) is 17.8 Å². The molecule has 0 radical (unpaired) electrons. The van der Waals surface area contributed by atoms with Crippen molar-refractivity contribution in [3.05, 3.63) is 0 Å². The third-order valence-corrected chi connectivity index (χ3v) is 12.8. The quantitative estimate of drug-likeness (QED) is 0.0805. The molecule has 0 amide bonds. The highest BCUT2D eigenvalue weighted by Gasteiger charge is 2.46. The Morgan fingerprint density at radius 2 is 1.35 bits per heavy atom. The number of rotatable bonds is 19. The van der Waals surface area contributed by atoms with Gasteiger partial charge < -0.3 is 31.3 Å². The first-order chi connectivity index (χ1) is 17.8. The smallest absolute Gasteiger partial charge is 0.487 e. The zero-order valence-electron chi connectivity index (χ0n) is 23.7. The van der Waals surface area contributed by atoms with Gasteiger partial charge >= 0.3 is 17.6 Å². The second-order valence-corrected chi connectivity index (χ2v) is 17.2. The molecule has 2 rings (SSSR count). The van der Waals surface area contributed by atoms with E-state index < -0.39 is 17.6 Å². The molecule has 11 heteroatoms. The van der Waals surface area contributed by atoms with E-state index in [4.69, 9.17) is 43.5 Å². The number of unbranched alkanes of at least 4 members (excludes halogenated alkanes) is 4. The second kappa shape index (κ2) is 18.7. The predicted molar refractivity (Wildman–Crippen MR) is 159 cm³/mol. The average molecular weight is 597 g/mol. The summed E-state index contributed by atoms with van der Waals surface area (Å²) in [6, 6.07) is 1.54. The predicted octanol–water partition coefficient (Wildman–Crippen LogP) is 6.31. The van der Waals surface area contributed by atoms with Crippen LogP contribution >= 0.6 is 24.8 Å². The van der Waals surface area contributed by atoms with E-state index >= 15 is 0 Å². The van der Waals surface area contributed by atoms with Crippen LogP contribution in [-0.4, -0.2) is 74.7 Å². The van der Waals surface area contributed by atoms with E-state index in [1.807, 2.05) is 0 Å². The van der Waals surface area contributed by atoms with Gasteiger partial charge in [-0.05, 0) is 37.2 Å². The van der Waals surface area contributed by atoms with Crippen LogP contribution in [0.4, 0.5) is 0 Å². The van der Waals surface area contributed by atoms with Gasteiger partial charge in [0, 0.05) is 75.9 Å². The monoisotopic (exact) mass is 596 g/mol. The van der Waals surface area contributed by atoms with Gasteiger partial charge in [0.25, 0.3) is 0 Å². The molecule has 0 N–H and O–H groups in total. The summed E-state index contributed by atoms with van der Waals surface area (Å²) in [5.41, 5.74) is 0. The Hall–Kier alpha value is 0.434. The molecule has 0 saturated carbocycles. The topological polar surface area (TPSA) is 64.6 Å². The lowest BCUT2D eigenvalue weighted by molar-refractivity contribution is -0.0270. The van der Waals surface area contributed by atoms with E-state index in [0.717, 1.165) is 48.6 Å². The molecule has 0 aromatic heterocycles. The molecular weight excluding hydrogens is 545 g/mol. The van der Waals surface area contributed by atoms with Gasteiger partial charge in [0.2, 0.25) is 0 Å². The van der Waals surface area contributed by atoms with Crippen LogP contribution in [0, 0.1) is 17.8 Å². The van der Waals surface area contributed by atoms with Crippen LogP contribution in [0.1, 0.15) is 79.1 Å². The van der Waals surface area contributed by atoms with E-state index in [9.17, 15) is 0 Å². The van der Waals surface area contributed by atoms with Gasteiger partial charge in [-0.25, -0.2) is 0 Å². The molecule has 2 fully saturated rings. The number of hydrogen-bond acceptors (Lipinski definition) is 9. The second-order valence-electron chi connectivity index (χ2n) is 10.9. The Balaban J connectivity index is 1.75. The fraction of sp³-hybridized carbons (Fsp3) is 0.962. The van der Waals surface area contributed by atoms with E-state index in [2.05, 4.69) is 40.3 Å². The molecule has 2 aliphatic heterocycles. The molecule has 2 saturated heterocycles. The minimum Gasteiger partial charge on any atom is -0.487 e. The third kappa shape index (κ3) is 13.6. The molecule has 1 unspecified atom stereocenters. The van der Waals surface area contributed by atoms with Crippen molar-refractivity contribution in [1.29, 1.82) is 0 Å². The van der Waals surface area contributed by atoms with Crippen molar-refractivity contribution in [1.82, 2.24) is 0 Å². The van der Waals surface area contributed by atoms with E-state index in [-0.39, 0.29) is 5.92 Å². The SMILES string of the molecule is CCCCCCCC(=S)OCCC[Si]1(OCC(C)CO[Si]2(CCCS)OCC(C)CO2)OCC(C)CO1. The Kier molecular flexibility index (Phi) is 17.0. The lowest BCUT2D eigenvalue weighted by Gasteiger charge is -2.38. The fourth-order valence-electron chi connectivity index (χ4n) is 4.16. The fourth-order valence-corrected chi connectivity index (χ4v) is 10.6. The summed E-state index contributed by atoms with van der Waals surface area (Å²) < 4.78 is 43.3. The maximum Gasteiger partial charge on any atom is 0.501 e. The van der Waals surface area contributed by atoms with Gasteiger partial charge in [0.1, 0.15) is 0 Å². The zero-order valence-corrected chi connectivity index (χ0v) is 27.4. The average Bonchev–Trinajstić information content (AvgIpc) is 2.90. The highest BCUT2D eigenvalue weighted by Crippen LogP contribution is 2.27. The van der Waals surface area contributed by atoms with Crippen molar-refractivity contribution in [2.75, 3.05) is 52.0 Å². The van der Waals surface area contributed by atoms with Gasteiger partial charge in [-0.3, -0.25) is 0 Å². The van der Waals surface area contributed by atoms with Crippen molar-refractivity contribution in [2.45, 2.75) is 91.1 Å². The van der Waals surface area contributed by atoms with Crippen molar-refractivity contribution in [3.63, 3.8) is 0 Å².